The van der Waals surface area contributed by atoms with E-state index in [2.05, 4.69) is 4.99 Å². The van der Waals surface area contributed by atoms with E-state index in [1.807, 2.05) is 0 Å². The maximum atomic E-state index is 13.3. The molecule has 0 aliphatic carbocycles. The van der Waals surface area contributed by atoms with E-state index in [-0.39, 0.29) is 21.8 Å². The van der Waals surface area contributed by atoms with Gasteiger partial charge in [0.05, 0.1) is 15.2 Å². The first-order valence-electron chi connectivity index (χ1n) is 7.89. The summed E-state index contributed by atoms with van der Waals surface area (Å²) < 4.78 is 15.5. The molecule has 0 saturated carbocycles. The molecule has 1 amide bonds. The summed E-state index contributed by atoms with van der Waals surface area (Å²) in [7, 11) is 0. The maximum absolute atomic E-state index is 13.3. The predicted molar refractivity (Wildman–Crippen MR) is 103 cm³/mol. The van der Waals surface area contributed by atoms with E-state index in [0.717, 1.165) is 10.8 Å². The van der Waals surface area contributed by atoms with Crippen molar-refractivity contribution in [2.75, 3.05) is 0 Å². The number of thiazole rings is 1. The second kappa shape index (κ2) is 7.80. The number of nitrogens with zero attached hydrogens (tertiary/aromatic N) is 2. The molecule has 1 aromatic heterocycles. The summed E-state index contributed by atoms with van der Waals surface area (Å²) in [5.41, 5.74) is 0.678. The Morgan fingerprint density at radius 3 is 2.63 bits per heavy atom. The monoisotopic (exact) mass is 426 g/mol. The molecule has 1 N–H and O–H groups in total. The molecule has 0 aliphatic rings. The van der Waals surface area contributed by atoms with Crippen LogP contribution in [0.15, 0.2) is 41.4 Å². The fourth-order valence-corrected chi connectivity index (χ4v) is 4.04. The van der Waals surface area contributed by atoms with Crippen LogP contribution in [0.1, 0.15) is 29.7 Å². The van der Waals surface area contributed by atoms with Crippen LogP contribution in [0.25, 0.3) is 10.2 Å². The van der Waals surface area contributed by atoms with Crippen LogP contribution in [-0.4, -0.2) is 21.6 Å². The maximum Gasteiger partial charge on any atom is 0.326 e. The zero-order valence-corrected chi connectivity index (χ0v) is 16.3. The van der Waals surface area contributed by atoms with Gasteiger partial charge in [-0.2, -0.15) is 4.99 Å². The molecule has 1 heterocycles. The summed E-state index contributed by atoms with van der Waals surface area (Å²) in [5, 5.41) is 9.83. The number of hydrogen-bond donors (Lipinski definition) is 1. The molecule has 9 heteroatoms. The van der Waals surface area contributed by atoms with Gasteiger partial charge in [0, 0.05) is 10.6 Å². The predicted octanol–water partition coefficient (Wildman–Crippen LogP) is 4.93. The summed E-state index contributed by atoms with van der Waals surface area (Å²) in [5.74, 6) is -2.34. The molecule has 1 unspecified atom stereocenters. The van der Waals surface area contributed by atoms with Gasteiger partial charge in [-0.15, -0.1) is 0 Å². The van der Waals surface area contributed by atoms with Crippen molar-refractivity contribution < 1.29 is 19.1 Å². The van der Waals surface area contributed by atoms with Gasteiger partial charge in [0.2, 0.25) is 0 Å². The highest BCUT2D eigenvalue weighted by molar-refractivity contribution is 7.16. The van der Waals surface area contributed by atoms with Crippen molar-refractivity contribution in [3.8, 4) is 0 Å². The Balaban J connectivity index is 2.23. The Kier molecular flexibility index (Phi) is 5.64. The number of aromatic nitrogens is 1. The lowest BCUT2D eigenvalue weighted by Crippen LogP contribution is -2.27. The number of carboxylic acid groups (broad SMARTS) is 1. The van der Waals surface area contributed by atoms with Gasteiger partial charge in [-0.1, -0.05) is 41.5 Å². The van der Waals surface area contributed by atoms with Crippen molar-refractivity contribution in [3.05, 3.63) is 62.6 Å². The summed E-state index contributed by atoms with van der Waals surface area (Å²) in [6.45, 7) is 1.73. The number of carbonyl (C=O) groups is 2. The van der Waals surface area contributed by atoms with Gasteiger partial charge in [-0.05, 0) is 42.8 Å². The van der Waals surface area contributed by atoms with E-state index in [4.69, 9.17) is 23.2 Å². The first-order chi connectivity index (χ1) is 12.8. The summed E-state index contributed by atoms with van der Waals surface area (Å²) in [6, 6.07) is 7.68. The zero-order chi connectivity index (χ0) is 19.7. The summed E-state index contributed by atoms with van der Waals surface area (Å²) >= 11 is 13.0. The van der Waals surface area contributed by atoms with E-state index < -0.39 is 23.7 Å². The van der Waals surface area contributed by atoms with Crippen LogP contribution in [-0.2, 0) is 4.79 Å². The number of amides is 1. The first-order valence-corrected chi connectivity index (χ1v) is 9.46. The number of benzene rings is 2. The molecule has 1 atom stereocenters. The summed E-state index contributed by atoms with van der Waals surface area (Å²) in [4.78, 5) is 28.5. The van der Waals surface area contributed by atoms with Crippen molar-refractivity contribution >= 4 is 56.6 Å². The fraction of sp³-hybridized carbons (Fsp3) is 0.167. The third-order valence-corrected chi connectivity index (χ3v) is 5.50. The minimum absolute atomic E-state index is 0.104. The van der Waals surface area contributed by atoms with Gasteiger partial charge in [-0.25, -0.2) is 9.18 Å². The van der Waals surface area contributed by atoms with E-state index in [0.29, 0.717) is 10.5 Å². The molecule has 27 heavy (non-hydrogen) atoms. The van der Waals surface area contributed by atoms with Crippen LogP contribution in [0.5, 0.6) is 0 Å². The SMILES string of the molecule is CCC(C(=O)O)n1c(=NC(=O)c2ccc(F)c(Cl)c2)sc2ccc(Cl)cc21. The number of carbonyl (C=O) groups excluding carboxylic acids is 1. The van der Waals surface area contributed by atoms with Crippen molar-refractivity contribution in [3.63, 3.8) is 0 Å². The van der Waals surface area contributed by atoms with Crippen molar-refractivity contribution in [2.45, 2.75) is 19.4 Å². The molecule has 0 aliphatic heterocycles. The Bertz CT molecular complexity index is 1120. The molecule has 3 rings (SSSR count). The van der Waals surface area contributed by atoms with Gasteiger partial charge in [0.15, 0.2) is 4.80 Å². The highest BCUT2D eigenvalue weighted by Crippen LogP contribution is 2.26. The Hall–Kier alpha value is -2.22. The van der Waals surface area contributed by atoms with Crippen molar-refractivity contribution in [1.29, 1.82) is 0 Å². The third-order valence-electron chi connectivity index (χ3n) is 3.94. The number of rotatable bonds is 4. The average molecular weight is 427 g/mol. The topological polar surface area (TPSA) is 71.7 Å². The molecule has 2 aromatic carbocycles. The van der Waals surface area contributed by atoms with Crippen LogP contribution in [0.3, 0.4) is 0 Å². The largest absolute Gasteiger partial charge is 0.480 e. The number of aliphatic carboxylic acids is 1. The smallest absolute Gasteiger partial charge is 0.326 e. The lowest BCUT2D eigenvalue weighted by atomic mass is 10.2. The zero-order valence-electron chi connectivity index (χ0n) is 13.9. The van der Waals surface area contributed by atoms with E-state index in [1.165, 1.54) is 28.0 Å². The van der Waals surface area contributed by atoms with E-state index >= 15 is 0 Å². The van der Waals surface area contributed by atoms with Crippen LogP contribution in [0.2, 0.25) is 10.0 Å². The number of fused-ring (bicyclic) bond motifs is 1. The highest BCUT2D eigenvalue weighted by atomic mass is 35.5. The molecule has 0 fully saturated rings. The second-order valence-corrected chi connectivity index (χ2v) is 7.53. The molecule has 0 saturated heterocycles. The van der Waals surface area contributed by atoms with Gasteiger partial charge < -0.3 is 9.67 Å². The standard InChI is InChI=1S/C18H13Cl2FN2O3S/c1-2-13(17(25)26)23-14-8-10(19)4-6-15(14)27-18(23)22-16(24)9-3-5-12(21)11(20)7-9/h3-8,13H,2H2,1H3,(H,25,26). The molecule has 0 radical (unpaired) electrons. The molecular weight excluding hydrogens is 414 g/mol. The third kappa shape index (κ3) is 3.90. The molecule has 140 valence electrons. The lowest BCUT2D eigenvalue weighted by Gasteiger charge is -2.13. The normalized spacial score (nSPS) is 13.1. The number of carboxylic acids is 1. The summed E-state index contributed by atoms with van der Waals surface area (Å²) in [6.07, 6.45) is 0.289. The van der Waals surface area contributed by atoms with Gasteiger partial charge in [0.1, 0.15) is 11.9 Å². The van der Waals surface area contributed by atoms with Gasteiger partial charge in [-0.3, -0.25) is 4.79 Å². The van der Waals surface area contributed by atoms with Gasteiger partial charge >= 0.3 is 5.97 Å². The highest BCUT2D eigenvalue weighted by Gasteiger charge is 2.22. The van der Waals surface area contributed by atoms with Gasteiger partial charge in [0.25, 0.3) is 5.91 Å². The molecule has 3 aromatic rings. The second-order valence-electron chi connectivity index (χ2n) is 5.67. The van der Waals surface area contributed by atoms with E-state index in [9.17, 15) is 19.1 Å². The lowest BCUT2D eigenvalue weighted by molar-refractivity contribution is -0.140. The van der Waals surface area contributed by atoms with Crippen LogP contribution >= 0.6 is 34.5 Å². The average Bonchev–Trinajstić information content (AvgIpc) is 2.95. The van der Waals surface area contributed by atoms with Crippen LogP contribution in [0, 0.1) is 5.82 Å². The molecule has 0 spiro atoms. The Morgan fingerprint density at radius 1 is 1.26 bits per heavy atom. The first kappa shape index (κ1) is 19.5. The minimum atomic E-state index is -1.05. The molecule has 0 bridgehead atoms. The molecule has 5 nitrogen and oxygen atoms in total. The van der Waals surface area contributed by atoms with E-state index in [1.54, 1.807) is 25.1 Å². The fourth-order valence-electron chi connectivity index (χ4n) is 2.64. The number of halogens is 3. The molecular formula is C18H13Cl2FN2O3S. The van der Waals surface area contributed by atoms with Crippen molar-refractivity contribution in [2.24, 2.45) is 4.99 Å². The van der Waals surface area contributed by atoms with Crippen LogP contribution < -0.4 is 4.80 Å². The quantitative estimate of drug-likeness (QED) is 0.642. The minimum Gasteiger partial charge on any atom is -0.480 e. The Morgan fingerprint density at radius 2 is 2.00 bits per heavy atom. The Labute approximate surface area is 167 Å². The number of hydrogen-bond acceptors (Lipinski definition) is 3. The van der Waals surface area contributed by atoms with Crippen molar-refractivity contribution in [1.82, 2.24) is 4.57 Å². The van der Waals surface area contributed by atoms with Crippen LogP contribution in [0.4, 0.5) is 4.39 Å².